The van der Waals surface area contributed by atoms with Crippen LogP contribution in [0.15, 0.2) is 42.6 Å². The minimum atomic E-state index is -1.58. The van der Waals surface area contributed by atoms with Gasteiger partial charge in [-0.25, -0.2) is 4.57 Å². The maximum absolute atomic E-state index is 2.52. The maximum atomic E-state index is 2.52. The van der Waals surface area contributed by atoms with Crippen molar-refractivity contribution in [3.8, 4) is 11.3 Å². The van der Waals surface area contributed by atoms with Gasteiger partial charge in [-0.3, -0.25) is 0 Å². The monoisotopic (exact) mass is 404 g/mol. The molecule has 154 valence electrons. The van der Waals surface area contributed by atoms with Gasteiger partial charge in [0.2, 0.25) is 5.69 Å². The molecule has 0 bridgehead atoms. The van der Waals surface area contributed by atoms with Crippen molar-refractivity contribution in [3.05, 3.63) is 59.3 Å². The van der Waals surface area contributed by atoms with Crippen LogP contribution in [0.4, 0.5) is 0 Å². The number of aryl methyl sites for hydroxylation is 3. The van der Waals surface area contributed by atoms with E-state index in [0.717, 1.165) is 0 Å². The Labute approximate surface area is 178 Å². The van der Waals surface area contributed by atoms with Gasteiger partial charge < -0.3 is 0 Å². The molecule has 0 aliphatic heterocycles. The highest BCUT2D eigenvalue weighted by Crippen LogP contribution is 2.41. The van der Waals surface area contributed by atoms with Gasteiger partial charge in [0.25, 0.3) is 0 Å². The number of benzene rings is 2. The Morgan fingerprint density at radius 2 is 1.55 bits per heavy atom. The molecule has 2 heteroatoms. The Kier molecular flexibility index (Phi) is 5.79. The zero-order chi connectivity index (χ0) is 21.6. The number of nitrogens with zero attached hydrogens (tertiary/aromatic N) is 1. The smallest absolute Gasteiger partial charge is 0.200 e. The third-order valence-corrected chi connectivity index (χ3v) is 14.1. The van der Waals surface area contributed by atoms with Gasteiger partial charge >= 0.3 is 0 Å². The topological polar surface area (TPSA) is 3.88 Å². The lowest BCUT2D eigenvalue weighted by Gasteiger charge is -2.42. The molecular formula is C27H38NSi+. The van der Waals surface area contributed by atoms with E-state index < -0.39 is 8.07 Å². The molecule has 0 aliphatic rings. The third-order valence-electron chi connectivity index (χ3n) is 7.40. The van der Waals surface area contributed by atoms with E-state index in [9.17, 15) is 0 Å². The summed E-state index contributed by atoms with van der Waals surface area (Å²) in [5, 5.41) is 4.70. The largest absolute Gasteiger partial charge is 0.220 e. The first-order valence-corrected chi connectivity index (χ1v) is 13.5. The van der Waals surface area contributed by atoms with Crippen molar-refractivity contribution in [1.82, 2.24) is 0 Å². The number of pyridine rings is 1. The Balaban J connectivity index is 2.31. The standard InChI is InChI=1S/C27H38NSi/c1-10-29(11-2,27(6,7)8)23-12-13-24-22(18-23)14-15-28(9)26(24)25-17-19(3)16-20(4)21(25)5/h12-18H,10-11H2,1-9H3/q+1. The summed E-state index contributed by atoms with van der Waals surface area (Å²) in [6.07, 6.45) is 2.23. The summed E-state index contributed by atoms with van der Waals surface area (Å²) < 4.78 is 2.29. The van der Waals surface area contributed by atoms with E-state index in [-0.39, 0.29) is 0 Å². The van der Waals surface area contributed by atoms with Crippen molar-refractivity contribution in [2.24, 2.45) is 7.05 Å². The highest BCUT2D eigenvalue weighted by molar-refractivity contribution is 6.94. The fourth-order valence-electron chi connectivity index (χ4n) is 5.44. The summed E-state index contributed by atoms with van der Waals surface area (Å²) in [6.45, 7) is 18.8. The predicted octanol–water partition coefficient (Wildman–Crippen LogP) is 6.75. The molecule has 0 spiro atoms. The highest BCUT2D eigenvalue weighted by Gasteiger charge is 2.42. The first-order valence-electron chi connectivity index (χ1n) is 11.1. The first kappa shape index (κ1) is 21.8. The number of aromatic nitrogens is 1. The molecule has 0 saturated heterocycles. The van der Waals surface area contributed by atoms with E-state index in [0.29, 0.717) is 5.04 Å². The summed E-state index contributed by atoms with van der Waals surface area (Å²) in [7, 11) is 0.588. The lowest BCUT2D eigenvalue weighted by molar-refractivity contribution is -0.659. The molecule has 1 aromatic heterocycles. The lowest BCUT2D eigenvalue weighted by atomic mass is 9.94. The number of hydrogen-bond acceptors (Lipinski definition) is 0. The van der Waals surface area contributed by atoms with Gasteiger partial charge in [0.15, 0.2) is 6.20 Å². The molecule has 1 nitrogen and oxygen atoms in total. The van der Waals surface area contributed by atoms with Crippen molar-refractivity contribution in [2.45, 2.75) is 72.5 Å². The number of fused-ring (bicyclic) bond motifs is 1. The molecule has 1 heterocycles. The van der Waals surface area contributed by atoms with Gasteiger partial charge in [0.1, 0.15) is 7.05 Å². The van der Waals surface area contributed by atoms with Crippen LogP contribution >= 0.6 is 0 Å². The van der Waals surface area contributed by atoms with Gasteiger partial charge in [-0.1, -0.05) is 75.7 Å². The average molecular weight is 405 g/mol. The molecule has 3 rings (SSSR count). The average Bonchev–Trinajstić information content (AvgIpc) is 2.65. The fourth-order valence-corrected chi connectivity index (χ4v) is 10.6. The first-order chi connectivity index (χ1) is 13.6. The molecule has 3 aromatic rings. The summed E-state index contributed by atoms with van der Waals surface area (Å²) >= 11 is 0. The van der Waals surface area contributed by atoms with Crippen LogP contribution in [-0.2, 0) is 7.05 Å². The molecule has 0 saturated carbocycles. The molecule has 0 atom stereocenters. The van der Waals surface area contributed by atoms with E-state index >= 15 is 0 Å². The third kappa shape index (κ3) is 3.57. The molecule has 0 amide bonds. The van der Waals surface area contributed by atoms with E-state index in [1.165, 1.54) is 50.8 Å². The van der Waals surface area contributed by atoms with Crippen LogP contribution in [0, 0.1) is 20.8 Å². The quantitative estimate of drug-likeness (QED) is 0.334. The van der Waals surface area contributed by atoms with Crippen LogP contribution in [0.25, 0.3) is 22.0 Å². The fraction of sp³-hybridized carbons (Fsp3) is 0.444. The number of rotatable bonds is 4. The van der Waals surface area contributed by atoms with Crippen LogP contribution in [0.2, 0.25) is 17.1 Å². The zero-order valence-corrected chi connectivity index (χ0v) is 20.9. The molecule has 0 N–H and O–H groups in total. The van der Waals surface area contributed by atoms with Crippen molar-refractivity contribution in [2.75, 3.05) is 0 Å². The van der Waals surface area contributed by atoms with E-state index in [1.54, 1.807) is 5.19 Å². The Morgan fingerprint density at radius 1 is 0.897 bits per heavy atom. The van der Waals surface area contributed by atoms with Gasteiger partial charge in [0.05, 0.1) is 19.0 Å². The van der Waals surface area contributed by atoms with Gasteiger partial charge in [-0.15, -0.1) is 0 Å². The summed E-state index contributed by atoms with van der Waals surface area (Å²) in [5.41, 5.74) is 6.75. The van der Waals surface area contributed by atoms with Gasteiger partial charge in [-0.2, -0.15) is 0 Å². The highest BCUT2D eigenvalue weighted by atomic mass is 28.3. The molecule has 0 unspecified atom stereocenters. The van der Waals surface area contributed by atoms with Crippen LogP contribution in [0.3, 0.4) is 0 Å². The van der Waals surface area contributed by atoms with E-state index in [1.807, 2.05) is 0 Å². The van der Waals surface area contributed by atoms with Crippen LogP contribution in [0.5, 0.6) is 0 Å². The zero-order valence-electron chi connectivity index (χ0n) is 19.9. The lowest BCUT2D eigenvalue weighted by Crippen LogP contribution is -2.53. The molecule has 0 aliphatic carbocycles. The minimum absolute atomic E-state index is 0.358. The Bertz CT molecular complexity index is 1050. The molecule has 29 heavy (non-hydrogen) atoms. The normalized spacial score (nSPS) is 12.6. The minimum Gasteiger partial charge on any atom is -0.200 e. The van der Waals surface area contributed by atoms with Crippen LogP contribution in [0.1, 0.15) is 51.3 Å². The summed E-state index contributed by atoms with van der Waals surface area (Å²) in [5.74, 6) is 0. The predicted molar refractivity (Wildman–Crippen MR) is 131 cm³/mol. The van der Waals surface area contributed by atoms with Gasteiger partial charge in [-0.05, 0) is 54.5 Å². The van der Waals surface area contributed by atoms with E-state index in [2.05, 4.69) is 110 Å². The van der Waals surface area contributed by atoms with Crippen LogP contribution < -0.4 is 9.75 Å². The molecule has 0 radical (unpaired) electrons. The van der Waals surface area contributed by atoms with Crippen molar-refractivity contribution in [1.29, 1.82) is 0 Å². The molecular weight excluding hydrogens is 366 g/mol. The molecule has 0 fully saturated rings. The summed E-state index contributed by atoms with van der Waals surface area (Å²) in [4.78, 5) is 0. The Morgan fingerprint density at radius 3 is 2.14 bits per heavy atom. The maximum Gasteiger partial charge on any atom is 0.220 e. The second-order valence-electron chi connectivity index (χ2n) is 9.87. The second-order valence-corrected chi connectivity index (χ2v) is 15.5. The summed E-state index contributed by atoms with van der Waals surface area (Å²) in [6, 6.07) is 16.9. The second kappa shape index (κ2) is 7.72. The Hall–Kier alpha value is -1.93. The van der Waals surface area contributed by atoms with Crippen molar-refractivity contribution < 1.29 is 4.57 Å². The van der Waals surface area contributed by atoms with Crippen molar-refractivity contribution in [3.63, 3.8) is 0 Å². The molecule has 2 aromatic carbocycles. The van der Waals surface area contributed by atoms with Gasteiger partial charge in [0, 0.05) is 6.07 Å². The SMILES string of the molecule is CC[Si](CC)(c1ccc2c(-c3cc(C)cc(C)c3C)[n+](C)ccc2c1)C(C)(C)C. The van der Waals surface area contributed by atoms with E-state index in [4.69, 9.17) is 0 Å². The number of hydrogen-bond donors (Lipinski definition) is 0. The van der Waals surface area contributed by atoms with Crippen molar-refractivity contribution >= 4 is 24.0 Å². The van der Waals surface area contributed by atoms with Crippen LogP contribution in [-0.4, -0.2) is 8.07 Å².